The van der Waals surface area contributed by atoms with Crippen molar-refractivity contribution < 1.29 is 9.85 Å². The zero-order valence-corrected chi connectivity index (χ0v) is 13.7. The lowest BCUT2D eigenvalue weighted by molar-refractivity contribution is -0.385. The van der Waals surface area contributed by atoms with Gasteiger partial charge in [0.05, 0.1) is 21.4 Å². The Balaban J connectivity index is 1.84. The molecule has 0 bridgehead atoms. The zero-order valence-electron chi connectivity index (χ0n) is 12.9. The highest BCUT2D eigenvalue weighted by atomic mass is 32.1. The third-order valence-corrected chi connectivity index (χ3v) is 4.22. The van der Waals surface area contributed by atoms with Crippen molar-refractivity contribution in [3.8, 4) is 0 Å². The van der Waals surface area contributed by atoms with Crippen molar-refractivity contribution in [3.05, 3.63) is 78.6 Å². The average Bonchev–Trinajstić information content (AvgIpc) is 2.61. The number of benzene rings is 2. The van der Waals surface area contributed by atoms with Crippen LogP contribution in [0.1, 0.15) is 5.56 Å². The molecule has 0 amide bonds. The number of hydrogen-bond acceptors (Lipinski definition) is 9. The van der Waals surface area contributed by atoms with Gasteiger partial charge in [0.25, 0.3) is 16.9 Å². The van der Waals surface area contributed by atoms with E-state index in [9.17, 15) is 25.0 Å². The summed E-state index contributed by atoms with van der Waals surface area (Å²) in [5.74, 6) is 0. The van der Waals surface area contributed by atoms with E-state index in [1.54, 1.807) is 6.07 Å². The SMILES string of the molecule is O=c1nc(NN=Cc2cccc([N+](=O)[O-])c2)sc2ccc([N+](=O)[O-])cc12. The highest BCUT2D eigenvalue weighted by Gasteiger charge is 2.11. The number of rotatable bonds is 5. The van der Waals surface area contributed by atoms with Crippen molar-refractivity contribution in [2.75, 3.05) is 5.43 Å². The van der Waals surface area contributed by atoms with Crippen molar-refractivity contribution in [2.24, 2.45) is 5.10 Å². The number of nitrogens with zero attached hydrogens (tertiary/aromatic N) is 4. The van der Waals surface area contributed by atoms with Crippen LogP contribution in [0.15, 0.2) is 52.4 Å². The van der Waals surface area contributed by atoms with Gasteiger partial charge in [-0.1, -0.05) is 23.5 Å². The third-order valence-electron chi connectivity index (χ3n) is 3.27. The fourth-order valence-corrected chi connectivity index (χ4v) is 2.92. The molecule has 0 unspecified atom stereocenters. The largest absolute Gasteiger partial charge is 0.281 e. The number of nitro benzene ring substituents is 2. The molecule has 1 N–H and O–H groups in total. The van der Waals surface area contributed by atoms with E-state index in [0.29, 0.717) is 10.3 Å². The Morgan fingerprint density at radius 3 is 2.54 bits per heavy atom. The molecule has 10 nitrogen and oxygen atoms in total. The molecule has 1 heterocycles. The maximum atomic E-state index is 12.0. The molecule has 0 aliphatic heterocycles. The summed E-state index contributed by atoms with van der Waals surface area (Å²) in [7, 11) is 0. The Kier molecular flexibility index (Phi) is 4.62. The van der Waals surface area contributed by atoms with Crippen molar-refractivity contribution in [2.45, 2.75) is 0 Å². The van der Waals surface area contributed by atoms with Crippen LogP contribution in [0.5, 0.6) is 0 Å². The van der Waals surface area contributed by atoms with Gasteiger partial charge in [0.2, 0.25) is 5.13 Å². The lowest BCUT2D eigenvalue weighted by atomic mass is 10.2. The van der Waals surface area contributed by atoms with Gasteiger partial charge >= 0.3 is 0 Å². The van der Waals surface area contributed by atoms with Crippen LogP contribution in [0.4, 0.5) is 16.5 Å². The summed E-state index contributed by atoms with van der Waals surface area (Å²) >= 11 is 1.10. The predicted octanol–water partition coefficient (Wildman–Crippen LogP) is 2.92. The number of hydrazone groups is 1. The molecule has 0 aliphatic carbocycles. The van der Waals surface area contributed by atoms with E-state index in [-0.39, 0.29) is 21.9 Å². The normalized spacial score (nSPS) is 10.9. The van der Waals surface area contributed by atoms with Gasteiger partial charge in [-0.3, -0.25) is 30.4 Å². The van der Waals surface area contributed by atoms with E-state index in [0.717, 1.165) is 11.3 Å². The molecule has 2 aromatic carbocycles. The Hall–Kier alpha value is -3.73. The standard InChI is InChI=1S/C15H9N5O5S/c21-14-12-7-11(20(24)25)4-5-13(12)26-15(17-14)18-16-8-9-2-1-3-10(6-9)19(22)23/h1-8H,(H,17,18,21). The van der Waals surface area contributed by atoms with Crippen LogP contribution in [-0.4, -0.2) is 21.0 Å². The van der Waals surface area contributed by atoms with Crippen molar-refractivity contribution in [1.82, 2.24) is 4.98 Å². The quantitative estimate of drug-likeness (QED) is 0.413. The minimum atomic E-state index is -0.615. The van der Waals surface area contributed by atoms with Gasteiger partial charge in [0.1, 0.15) is 0 Å². The Bertz CT molecular complexity index is 1110. The molecule has 0 spiro atoms. The predicted molar refractivity (Wildman–Crippen MR) is 96.9 cm³/mol. The molecule has 11 heteroatoms. The maximum Gasteiger partial charge on any atom is 0.281 e. The van der Waals surface area contributed by atoms with Gasteiger partial charge in [-0.05, 0) is 6.07 Å². The second kappa shape index (κ2) is 7.03. The van der Waals surface area contributed by atoms with Crippen LogP contribution in [-0.2, 0) is 0 Å². The lowest BCUT2D eigenvalue weighted by Gasteiger charge is -2.00. The number of anilines is 1. The van der Waals surface area contributed by atoms with Gasteiger partial charge in [-0.2, -0.15) is 10.1 Å². The van der Waals surface area contributed by atoms with Crippen molar-refractivity contribution in [1.29, 1.82) is 0 Å². The van der Waals surface area contributed by atoms with E-state index < -0.39 is 15.4 Å². The highest BCUT2D eigenvalue weighted by Crippen LogP contribution is 2.24. The summed E-state index contributed by atoms with van der Waals surface area (Å²) in [5.41, 5.74) is 2.21. The second-order valence-corrected chi connectivity index (χ2v) is 6.01. The smallest absolute Gasteiger partial charge is 0.267 e. The number of non-ortho nitro benzene ring substituents is 2. The molecular weight excluding hydrogens is 362 g/mol. The zero-order chi connectivity index (χ0) is 18.7. The number of aromatic nitrogens is 1. The van der Waals surface area contributed by atoms with Crippen LogP contribution < -0.4 is 11.0 Å². The fraction of sp³-hybridized carbons (Fsp3) is 0. The van der Waals surface area contributed by atoms with Gasteiger partial charge in [0.15, 0.2) is 0 Å². The van der Waals surface area contributed by atoms with Crippen LogP contribution in [0.2, 0.25) is 0 Å². The fourth-order valence-electron chi connectivity index (χ4n) is 2.10. The summed E-state index contributed by atoms with van der Waals surface area (Å²) in [6, 6.07) is 9.82. The summed E-state index contributed by atoms with van der Waals surface area (Å²) in [6.07, 6.45) is 1.35. The molecule has 26 heavy (non-hydrogen) atoms. The van der Waals surface area contributed by atoms with Crippen LogP contribution in [0.25, 0.3) is 10.1 Å². The molecule has 3 rings (SSSR count). The molecule has 3 aromatic rings. The van der Waals surface area contributed by atoms with Crippen LogP contribution >= 0.6 is 11.3 Å². The van der Waals surface area contributed by atoms with Gasteiger partial charge in [0, 0.05) is 34.5 Å². The third kappa shape index (κ3) is 3.67. The molecule has 0 saturated heterocycles. The number of nitrogens with one attached hydrogen (secondary N) is 1. The lowest BCUT2D eigenvalue weighted by Crippen LogP contribution is -2.07. The minimum Gasteiger partial charge on any atom is -0.267 e. The molecule has 0 aliphatic rings. The van der Waals surface area contributed by atoms with Gasteiger partial charge in [-0.15, -0.1) is 0 Å². The van der Waals surface area contributed by atoms with E-state index in [2.05, 4.69) is 15.5 Å². The second-order valence-electron chi connectivity index (χ2n) is 4.98. The number of hydrogen-bond donors (Lipinski definition) is 1. The maximum absolute atomic E-state index is 12.0. The number of fused-ring (bicyclic) bond motifs is 1. The van der Waals surface area contributed by atoms with E-state index in [1.807, 2.05) is 0 Å². The monoisotopic (exact) mass is 371 g/mol. The summed E-state index contributed by atoms with van der Waals surface area (Å²) in [5, 5.41) is 25.8. The van der Waals surface area contributed by atoms with E-state index in [4.69, 9.17) is 0 Å². The topological polar surface area (TPSA) is 141 Å². The van der Waals surface area contributed by atoms with Crippen LogP contribution in [0.3, 0.4) is 0 Å². The molecular formula is C15H9N5O5S. The Morgan fingerprint density at radius 1 is 1.08 bits per heavy atom. The van der Waals surface area contributed by atoms with Crippen LogP contribution in [0, 0.1) is 20.2 Å². The first-order chi connectivity index (χ1) is 12.4. The van der Waals surface area contributed by atoms with Gasteiger partial charge < -0.3 is 0 Å². The minimum absolute atomic E-state index is 0.0657. The molecule has 0 saturated carbocycles. The van der Waals surface area contributed by atoms with Crippen molar-refractivity contribution >= 4 is 44.1 Å². The molecule has 130 valence electrons. The van der Waals surface area contributed by atoms with E-state index >= 15 is 0 Å². The Labute approximate surface area is 148 Å². The molecule has 1 aromatic heterocycles. The summed E-state index contributed by atoms with van der Waals surface area (Å²) in [4.78, 5) is 36.2. The first-order valence-corrected chi connectivity index (χ1v) is 7.88. The molecule has 0 fully saturated rings. The summed E-state index contributed by atoms with van der Waals surface area (Å²) in [6.45, 7) is 0. The first kappa shape index (κ1) is 17.1. The number of nitro groups is 2. The average molecular weight is 371 g/mol. The summed E-state index contributed by atoms with van der Waals surface area (Å²) < 4.78 is 0.517. The molecule has 0 radical (unpaired) electrons. The molecule has 0 atom stereocenters. The van der Waals surface area contributed by atoms with E-state index in [1.165, 1.54) is 42.6 Å². The highest BCUT2D eigenvalue weighted by molar-refractivity contribution is 7.21. The van der Waals surface area contributed by atoms with Gasteiger partial charge in [-0.25, -0.2) is 0 Å². The first-order valence-electron chi connectivity index (χ1n) is 7.07. The Morgan fingerprint density at radius 2 is 1.81 bits per heavy atom. The van der Waals surface area contributed by atoms with Crippen molar-refractivity contribution in [3.63, 3.8) is 0 Å².